The molecule has 1 aliphatic rings. The minimum atomic E-state index is -0.790. The molecule has 0 unspecified atom stereocenters. The Labute approximate surface area is 112 Å². The van der Waals surface area contributed by atoms with E-state index in [1.165, 1.54) is 37.4 Å². The van der Waals surface area contributed by atoms with Gasteiger partial charge in [-0.2, -0.15) is 0 Å². The fourth-order valence-electron chi connectivity index (χ4n) is 2.44. The molecular formula is C13H20N2O2S. The number of aromatic nitrogens is 2. The topological polar surface area (TPSA) is 55.1 Å². The Morgan fingerprint density at radius 1 is 1.61 bits per heavy atom. The number of aryl methyl sites for hydroxylation is 1. The highest BCUT2D eigenvalue weighted by atomic mass is 32.2. The molecule has 0 spiro atoms. The highest BCUT2D eigenvalue weighted by Crippen LogP contribution is 2.51. The van der Waals surface area contributed by atoms with Crippen LogP contribution < -0.4 is 0 Å². The van der Waals surface area contributed by atoms with E-state index in [1.54, 1.807) is 0 Å². The molecule has 1 aromatic rings. The molecule has 1 fully saturated rings. The lowest BCUT2D eigenvalue weighted by Crippen LogP contribution is -2.12. The summed E-state index contributed by atoms with van der Waals surface area (Å²) >= 11 is 1.31. The van der Waals surface area contributed by atoms with Gasteiger partial charge in [0.15, 0.2) is 5.16 Å². The zero-order valence-electron chi connectivity index (χ0n) is 11.0. The van der Waals surface area contributed by atoms with Crippen molar-refractivity contribution in [1.82, 2.24) is 9.55 Å². The average molecular weight is 268 g/mol. The lowest BCUT2D eigenvalue weighted by atomic mass is 10.0. The molecule has 1 heterocycles. The first-order chi connectivity index (χ1) is 8.54. The molecule has 2 rings (SSSR count). The van der Waals surface area contributed by atoms with E-state index in [2.05, 4.69) is 16.5 Å². The highest BCUT2D eigenvalue weighted by Gasteiger charge is 2.42. The maximum atomic E-state index is 10.6. The molecule has 0 atom stereocenters. The second-order valence-electron chi connectivity index (χ2n) is 5.23. The molecular weight excluding hydrogens is 248 g/mol. The van der Waals surface area contributed by atoms with Crippen molar-refractivity contribution in [2.24, 2.45) is 5.41 Å². The van der Waals surface area contributed by atoms with Crippen LogP contribution in [0.1, 0.15) is 38.3 Å². The third kappa shape index (κ3) is 3.28. The zero-order valence-corrected chi connectivity index (χ0v) is 11.8. The van der Waals surface area contributed by atoms with Gasteiger partial charge < -0.3 is 9.67 Å². The van der Waals surface area contributed by atoms with Crippen molar-refractivity contribution in [3.05, 3.63) is 11.9 Å². The number of imidazole rings is 1. The summed E-state index contributed by atoms with van der Waals surface area (Å²) in [5.74, 6) is -0.709. The Bertz CT molecular complexity index is 438. The van der Waals surface area contributed by atoms with E-state index in [9.17, 15) is 4.79 Å². The SMILES string of the molecule is CCCC1(Cn2cc(C)nc2SCC(=O)O)CC1. The van der Waals surface area contributed by atoms with Gasteiger partial charge in [-0.05, 0) is 31.6 Å². The van der Waals surface area contributed by atoms with Crippen LogP contribution in [-0.4, -0.2) is 26.4 Å². The van der Waals surface area contributed by atoms with E-state index in [0.717, 1.165) is 17.4 Å². The number of carboxylic acid groups (broad SMARTS) is 1. The Morgan fingerprint density at radius 3 is 2.89 bits per heavy atom. The second kappa shape index (κ2) is 5.34. The number of carboxylic acids is 1. The summed E-state index contributed by atoms with van der Waals surface area (Å²) in [6, 6.07) is 0. The van der Waals surface area contributed by atoms with Crippen LogP contribution in [0, 0.1) is 12.3 Å². The quantitative estimate of drug-likeness (QED) is 0.772. The second-order valence-corrected chi connectivity index (χ2v) is 6.17. The Kier molecular flexibility index (Phi) is 4.00. The fraction of sp³-hybridized carbons (Fsp3) is 0.692. The van der Waals surface area contributed by atoms with Crippen molar-refractivity contribution in [3.8, 4) is 0 Å². The number of rotatable bonds is 7. The van der Waals surface area contributed by atoms with E-state index < -0.39 is 5.97 Å². The molecule has 0 amide bonds. The molecule has 0 aromatic carbocycles. The first-order valence-corrected chi connectivity index (χ1v) is 7.41. The third-order valence-electron chi connectivity index (χ3n) is 3.43. The minimum Gasteiger partial charge on any atom is -0.481 e. The highest BCUT2D eigenvalue weighted by molar-refractivity contribution is 7.99. The maximum absolute atomic E-state index is 10.6. The molecule has 0 saturated heterocycles. The van der Waals surface area contributed by atoms with E-state index in [0.29, 0.717) is 5.41 Å². The first kappa shape index (κ1) is 13.5. The molecule has 0 bridgehead atoms. The lowest BCUT2D eigenvalue weighted by molar-refractivity contribution is -0.133. The normalized spacial score (nSPS) is 16.8. The first-order valence-electron chi connectivity index (χ1n) is 6.43. The van der Waals surface area contributed by atoms with Crippen molar-refractivity contribution in [2.75, 3.05) is 5.75 Å². The Hall–Kier alpha value is -0.970. The van der Waals surface area contributed by atoms with Crippen molar-refractivity contribution in [3.63, 3.8) is 0 Å². The van der Waals surface area contributed by atoms with Crippen LogP contribution in [0.5, 0.6) is 0 Å². The average Bonchev–Trinajstić information content (AvgIpc) is 2.94. The predicted octanol–water partition coefficient (Wildman–Crippen LogP) is 2.95. The number of hydrogen-bond acceptors (Lipinski definition) is 3. The number of aliphatic carboxylic acids is 1. The third-order valence-corrected chi connectivity index (χ3v) is 4.40. The minimum absolute atomic E-state index is 0.0806. The van der Waals surface area contributed by atoms with Crippen LogP contribution in [0.15, 0.2) is 11.4 Å². The molecule has 100 valence electrons. The van der Waals surface area contributed by atoms with Crippen LogP contribution in [0.3, 0.4) is 0 Å². The van der Waals surface area contributed by atoms with Gasteiger partial charge in [0.1, 0.15) is 0 Å². The van der Waals surface area contributed by atoms with Gasteiger partial charge in [0.2, 0.25) is 0 Å². The molecule has 0 radical (unpaired) electrons. The number of hydrogen-bond donors (Lipinski definition) is 1. The van der Waals surface area contributed by atoms with Crippen LogP contribution in [0.4, 0.5) is 0 Å². The molecule has 18 heavy (non-hydrogen) atoms. The number of nitrogens with zero attached hydrogens (tertiary/aromatic N) is 2. The van der Waals surface area contributed by atoms with Gasteiger partial charge in [-0.3, -0.25) is 4.79 Å². The molecule has 0 aliphatic heterocycles. The summed E-state index contributed by atoms with van der Waals surface area (Å²) < 4.78 is 2.14. The van der Waals surface area contributed by atoms with Gasteiger partial charge in [0.05, 0.1) is 11.4 Å². The van der Waals surface area contributed by atoms with Gasteiger partial charge >= 0.3 is 5.97 Å². The van der Waals surface area contributed by atoms with Crippen molar-refractivity contribution in [1.29, 1.82) is 0 Å². The van der Waals surface area contributed by atoms with Gasteiger partial charge in [-0.1, -0.05) is 25.1 Å². The van der Waals surface area contributed by atoms with Crippen molar-refractivity contribution in [2.45, 2.75) is 51.2 Å². The van der Waals surface area contributed by atoms with Crippen molar-refractivity contribution < 1.29 is 9.90 Å². The lowest BCUT2D eigenvalue weighted by Gasteiger charge is -2.16. The smallest absolute Gasteiger partial charge is 0.313 e. The number of thioether (sulfide) groups is 1. The zero-order chi connectivity index (χ0) is 13.2. The van der Waals surface area contributed by atoms with Crippen LogP contribution in [0.25, 0.3) is 0 Å². The molecule has 1 saturated carbocycles. The van der Waals surface area contributed by atoms with Crippen molar-refractivity contribution >= 4 is 17.7 Å². The molecule has 1 N–H and O–H groups in total. The molecule has 1 aliphatic carbocycles. The summed E-state index contributed by atoms with van der Waals surface area (Å²) in [6.07, 6.45) is 7.10. The number of carbonyl (C=O) groups is 1. The standard InChI is InChI=1S/C13H20N2O2S/c1-3-4-13(5-6-13)9-15-7-10(2)14-12(15)18-8-11(16)17/h7H,3-6,8-9H2,1-2H3,(H,16,17). The molecule has 4 nitrogen and oxygen atoms in total. The van der Waals surface area contributed by atoms with Crippen LogP contribution >= 0.6 is 11.8 Å². The van der Waals surface area contributed by atoms with Gasteiger partial charge in [-0.15, -0.1) is 0 Å². The summed E-state index contributed by atoms with van der Waals surface area (Å²) in [4.78, 5) is 15.1. The maximum Gasteiger partial charge on any atom is 0.313 e. The fourth-order valence-corrected chi connectivity index (χ4v) is 3.18. The van der Waals surface area contributed by atoms with Crippen LogP contribution in [0.2, 0.25) is 0 Å². The predicted molar refractivity (Wildman–Crippen MR) is 71.9 cm³/mol. The van der Waals surface area contributed by atoms with Gasteiger partial charge in [-0.25, -0.2) is 4.98 Å². The molecule has 5 heteroatoms. The van der Waals surface area contributed by atoms with Gasteiger partial charge in [0, 0.05) is 12.7 Å². The van der Waals surface area contributed by atoms with E-state index in [-0.39, 0.29) is 5.75 Å². The van der Waals surface area contributed by atoms with Gasteiger partial charge in [0.25, 0.3) is 0 Å². The Morgan fingerprint density at radius 2 is 2.33 bits per heavy atom. The monoisotopic (exact) mass is 268 g/mol. The molecule has 1 aromatic heterocycles. The Balaban J connectivity index is 2.05. The summed E-state index contributed by atoms with van der Waals surface area (Å²) in [7, 11) is 0. The van der Waals surface area contributed by atoms with E-state index in [4.69, 9.17) is 5.11 Å². The summed E-state index contributed by atoms with van der Waals surface area (Å²) in [5.41, 5.74) is 1.43. The summed E-state index contributed by atoms with van der Waals surface area (Å²) in [5, 5.41) is 9.59. The van der Waals surface area contributed by atoms with E-state index >= 15 is 0 Å². The summed E-state index contributed by atoms with van der Waals surface area (Å²) in [6.45, 7) is 5.17. The largest absolute Gasteiger partial charge is 0.481 e. The van der Waals surface area contributed by atoms with Crippen LogP contribution in [-0.2, 0) is 11.3 Å². The van der Waals surface area contributed by atoms with E-state index in [1.807, 2.05) is 13.1 Å².